The molecule has 0 aromatic rings. The van der Waals surface area contributed by atoms with Crippen molar-refractivity contribution in [3.63, 3.8) is 0 Å². The summed E-state index contributed by atoms with van der Waals surface area (Å²) in [6, 6.07) is 0. The SMILES string of the molecule is NC(=S)[S-].O.[Na+]. The molecule has 0 bridgehead atoms. The third-order valence-corrected chi connectivity index (χ3v) is 0. The smallest absolute Gasteiger partial charge is 0.415 e. The molecule has 0 aliphatic heterocycles. The Morgan fingerprint density at radius 1 is 1.67 bits per heavy atom. The van der Waals surface area contributed by atoms with Gasteiger partial charge >= 0.3 is 29.6 Å². The summed E-state index contributed by atoms with van der Waals surface area (Å²) in [4.78, 5) is 0. The summed E-state index contributed by atoms with van der Waals surface area (Å²) in [5.41, 5.74) is 4.66. The van der Waals surface area contributed by atoms with E-state index in [0.717, 1.165) is 0 Å². The van der Waals surface area contributed by atoms with Crippen LogP contribution in [-0.2, 0) is 12.6 Å². The van der Waals surface area contributed by atoms with E-state index in [1.54, 1.807) is 0 Å². The van der Waals surface area contributed by atoms with Gasteiger partial charge in [0.15, 0.2) is 0 Å². The van der Waals surface area contributed by atoms with Crippen LogP contribution >= 0.6 is 12.2 Å². The Hall–Kier alpha value is 1.07. The van der Waals surface area contributed by atoms with E-state index in [2.05, 4.69) is 30.6 Å². The van der Waals surface area contributed by atoms with Gasteiger partial charge in [-0.2, -0.15) is 0 Å². The molecule has 0 spiro atoms. The van der Waals surface area contributed by atoms with Crippen molar-refractivity contribution in [1.29, 1.82) is 0 Å². The monoisotopic (exact) mass is 133 g/mol. The fraction of sp³-hybridized carbons (Fsp3) is 0. The van der Waals surface area contributed by atoms with Gasteiger partial charge in [0.05, 0.1) is 0 Å². The van der Waals surface area contributed by atoms with Crippen LogP contribution in [0.4, 0.5) is 0 Å². The van der Waals surface area contributed by atoms with Crippen LogP contribution < -0.4 is 35.3 Å². The maximum atomic E-state index is 4.66. The summed E-state index contributed by atoms with van der Waals surface area (Å²) in [5.74, 6) is 0. The predicted molar refractivity (Wildman–Crippen MR) is 27.8 cm³/mol. The van der Waals surface area contributed by atoms with E-state index < -0.39 is 0 Å². The Labute approximate surface area is 69.5 Å². The third kappa shape index (κ3) is 73.4. The molecule has 0 fully saturated rings. The van der Waals surface area contributed by atoms with Crippen molar-refractivity contribution in [3.8, 4) is 0 Å². The zero-order chi connectivity index (χ0) is 3.58. The minimum atomic E-state index is 0. The van der Waals surface area contributed by atoms with Gasteiger partial charge in [-0.3, -0.25) is 0 Å². The molecule has 0 saturated heterocycles. The second-order valence-electron chi connectivity index (χ2n) is 0.319. The molecular weight excluding hydrogens is 129 g/mol. The second kappa shape index (κ2) is 9.42. The Bertz CT molecular complexity index is 36.5. The first kappa shape index (κ1) is 15.7. The summed E-state index contributed by atoms with van der Waals surface area (Å²) in [6.07, 6.45) is 0. The van der Waals surface area contributed by atoms with Crippen LogP contribution in [0, 0.1) is 0 Å². The fourth-order valence-corrected chi connectivity index (χ4v) is 0. The third-order valence-electron chi connectivity index (χ3n) is 0. The molecule has 0 aromatic carbocycles. The van der Waals surface area contributed by atoms with Gasteiger partial charge in [0, 0.05) is 0 Å². The Balaban J connectivity index is -0.0000000450. The number of hydrogen-bond acceptors (Lipinski definition) is 2. The molecule has 2 nitrogen and oxygen atoms in total. The van der Waals surface area contributed by atoms with Crippen LogP contribution in [0.3, 0.4) is 0 Å². The average molecular weight is 133 g/mol. The first-order valence-corrected chi connectivity index (χ1v) is 1.51. The number of nitrogens with two attached hydrogens (primary N) is 1. The quantitative estimate of drug-likeness (QED) is 0.208. The molecule has 0 amide bonds. The predicted octanol–water partition coefficient (Wildman–Crippen LogP) is -4.04. The van der Waals surface area contributed by atoms with E-state index in [0.29, 0.717) is 0 Å². The van der Waals surface area contributed by atoms with Crippen molar-refractivity contribution in [2.24, 2.45) is 5.73 Å². The standard InChI is InChI=1S/CH3NS2.Na.H2O/c2-1(3)4;;/h(H3,2,3,4);;1H2/q;+1;/p-1. The van der Waals surface area contributed by atoms with Crippen molar-refractivity contribution in [1.82, 2.24) is 0 Å². The van der Waals surface area contributed by atoms with Crippen LogP contribution in [0.2, 0.25) is 0 Å². The molecule has 0 unspecified atom stereocenters. The normalized spacial score (nSPS) is 4.00. The van der Waals surface area contributed by atoms with Crippen LogP contribution in [0.25, 0.3) is 0 Å². The number of thiocarbonyl (C=S) groups is 1. The molecule has 0 saturated carbocycles. The molecule has 0 radical (unpaired) electrons. The van der Waals surface area contributed by atoms with Crippen molar-refractivity contribution < 1.29 is 35.0 Å². The minimum absolute atomic E-state index is 0. The zero-order valence-corrected chi connectivity index (χ0v) is 7.03. The van der Waals surface area contributed by atoms with Crippen molar-refractivity contribution in [2.75, 3.05) is 0 Å². The van der Waals surface area contributed by atoms with Gasteiger partial charge in [0.25, 0.3) is 0 Å². The van der Waals surface area contributed by atoms with Gasteiger partial charge in [-0.25, -0.2) is 0 Å². The van der Waals surface area contributed by atoms with Crippen LogP contribution in [-0.4, -0.2) is 9.80 Å². The summed E-state index contributed by atoms with van der Waals surface area (Å²) in [6.45, 7) is 0. The topological polar surface area (TPSA) is 57.5 Å². The van der Waals surface area contributed by atoms with E-state index in [1.807, 2.05) is 0 Å². The van der Waals surface area contributed by atoms with E-state index in [-0.39, 0.29) is 39.4 Å². The molecule has 4 N–H and O–H groups in total. The molecule has 32 valence electrons. The Kier molecular flexibility index (Phi) is 24.7. The van der Waals surface area contributed by atoms with Crippen molar-refractivity contribution in [3.05, 3.63) is 0 Å². The largest absolute Gasteiger partial charge is 1.00 e. The van der Waals surface area contributed by atoms with Gasteiger partial charge in [0.1, 0.15) is 0 Å². The molecule has 0 atom stereocenters. The number of hydrogen-bond donors (Lipinski definition) is 1. The first-order chi connectivity index (χ1) is 1.73. The second-order valence-corrected chi connectivity index (χ2v) is 1.46. The maximum Gasteiger partial charge on any atom is 1.00 e. The average Bonchev–Trinajstić information content (AvgIpc) is 0.811. The van der Waals surface area contributed by atoms with E-state index in [4.69, 9.17) is 0 Å². The van der Waals surface area contributed by atoms with Crippen molar-refractivity contribution >= 4 is 29.2 Å². The molecule has 0 aliphatic rings. The molecule has 6 heavy (non-hydrogen) atoms. The van der Waals surface area contributed by atoms with Gasteiger partial charge in [-0.15, -0.1) is 0 Å². The first-order valence-electron chi connectivity index (χ1n) is 0.697. The van der Waals surface area contributed by atoms with Crippen LogP contribution in [0.5, 0.6) is 0 Å². The minimum Gasteiger partial charge on any atom is -0.415 e. The maximum absolute atomic E-state index is 4.66. The van der Waals surface area contributed by atoms with Crippen LogP contribution in [0.1, 0.15) is 0 Å². The van der Waals surface area contributed by atoms with Gasteiger partial charge in [-0.1, -0.05) is 4.32 Å². The molecular formula is CH4NNaOS2. The fourth-order valence-electron chi connectivity index (χ4n) is 0. The summed E-state index contributed by atoms with van der Waals surface area (Å²) < 4.78 is 0.0833. The van der Waals surface area contributed by atoms with E-state index in [1.165, 1.54) is 0 Å². The van der Waals surface area contributed by atoms with Crippen LogP contribution in [0.15, 0.2) is 0 Å². The van der Waals surface area contributed by atoms with E-state index in [9.17, 15) is 0 Å². The molecule has 0 aliphatic carbocycles. The summed E-state index contributed by atoms with van der Waals surface area (Å²) in [5, 5.41) is 0. The Morgan fingerprint density at radius 2 is 1.67 bits per heavy atom. The van der Waals surface area contributed by atoms with E-state index >= 15 is 0 Å². The number of rotatable bonds is 0. The summed E-state index contributed by atoms with van der Waals surface area (Å²) in [7, 11) is 0. The molecule has 5 heteroatoms. The molecule has 0 heterocycles. The van der Waals surface area contributed by atoms with Gasteiger partial charge in [0.2, 0.25) is 0 Å². The molecule has 0 rings (SSSR count). The van der Waals surface area contributed by atoms with Crippen molar-refractivity contribution in [2.45, 2.75) is 0 Å². The zero-order valence-electron chi connectivity index (χ0n) is 3.39. The summed E-state index contributed by atoms with van der Waals surface area (Å²) >= 11 is 8.26. The molecule has 0 aromatic heterocycles. The van der Waals surface area contributed by atoms with Gasteiger partial charge < -0.3 is 36.1 Å². The Morgan fingerprint density at radius 3 is 1.67 bits per heavy atom. The van der Waals surface area contributed by atoms with Gasteiger partial charge in [-0.05, 0) is 0 Å².